The van der Waals surface area contributed by atoms with Crippen LogP contribution in [0.15, 0.2) is 67.3 Å². The van der Waals surface area contributed by atoms with Crippen molar-refractivity contribution in [2.45, 2.75) is 52.5 Å². The van der Waals surface area contributed by atoms with Crippen LogP contribution in [0.4, 0.5) is 0 Å². The van der Waals surface area contributed by atoms with Crippen LogP contribution in [-0.2, 0) is 32.3 Å². The average molecular weight is 642 g/mol. The molecule has 12 nitrogen and oxygen atoms in total. The number of likely N-dealkylation sites (tertiary alicyclic amines) is 2. The Bertz CT molecular complexity index is 1620. The molecule has 248 valence electrons. The number of hydrogen-bond acceptors (Lipinski definition) is 7. The number of ether oxygens (including phenoxy) is 1. The highest BCUT2D eigenvalue weighted by Gasteiger charge is 2.62. The normalized spacial score (nSPS) is 21.9. The van der Waals surface area contributed by atoms with E-state index in [1.807, 2.05) is 47.4 Å². The first-order chi connectivity index (χ1) is 22.5. The molecule has 0 bridgehead atoms. The molecule has 0 radical (unpaired) electrons. The minimum Gasteiger partial charge on any atom is -0.371 e. The van der Waals surface area contributed by atoms with Crippen LogP contribution in [0, 0.1) is 22.7 Å². The maximum atomic E-state index is 14.1. The molecule has 3 aromatic rings. The van der Waals surface area contributed by atoms with Crippen LogP contribution in [0.5, 0.6) is 0 Å². The van der Waals surface area contributed by atoms with Crippen LogP contribution >= 0.6 is 0 Å². The van der Waals surface area contributed by atoms with Crippen LogP contribution in [0.2, 0.25) is 0 Å². The minimum absolute atomic E-state index is 0.0126. The first kappa shape index (κ1) is 32.4. The van der Waals surface area contributed by atoms with E-state index < -0.39 is 23.5 Å². The van der Waals surface area contributed by atoms with Gasteiger partial charge in [0, 0.05) is 63.2 Å². The topological polar surface area (TPSA) is 139 Å². The average Bonchev–Trinajstić information content (AvgIpc) is 3.37. The first-order valence-corrected chi connectivity index (χ1v) is 16.2. The van der Waals surface area contributed by atoms with E-state index in [2.05, 4.69) is 34.6 Å². The van der Waals surface area contributed by atoms with Gasteiger partial charge in [-0.2, -0.15) is 5.10 Å². The highest BCUT2D eigenvalue weighted by atomic mass is 16.5. The molecule has 1 saturated carbocycles. The maximum absolute atomic E-state index is 14.1. The Labute approximate surface area is 274 Å². The largest absolute Gasteiger partial charge is 0.371 e. The number of nitrogens with one attached hydrogen (secondary N) is 2. The summed E-state index contributed by atoms with van der Waals surface area (Å²) in [5.74, 6) is -1.48. The summed E-state index contributed by atoms with van der Waals surface area (Å²) < 4.78 is 7.73. The van der Waals surface area contributed by atoms with E-state index in [1.165, 1.54) is 7.05 Å². The van der Waals surface area contributed by atoms with Crippen molar-refractivity contribution in [1.82, 2.24) is 35.2 Å². The van der Waals surface area contributed by atoms with Crippen LogP contribution in [-0.4, -0.2) is 93.6 Å². The van der Waals surface area contributed by atoms with Gasteiger partial charge >= 0.3 is 0 Å². The molecule has 1 spiro atoms. The predicted octanol–water partition coefficient (Wildman–Crippen LogP) is 2.11. The van der Waals surface area contributed by atoms with E-state index in [0.717, 1.165) is 17.5 Å². The molecule has 12 heteroatoms. The van der Waals surface area contributed by atoms with E-state index in [1.54, 1.807) is 41.3 Å². The third-order valence-corrected chi connectivity index (χ3v) is 10.0. The summed E-state index contributed by atoms with van der Waals surface area (Å²) in [6.45, 7) is 7.95. The molecule has 2 saturated heterocycles. The summed E-state index contributed by atoms with van der Waals surface area (Å²) in [4.78, 5) is 61.7. The SMILES string of the molecule is CNC(=O)[C@@H](NC(=O)[C@@H]1CN(C(=O)c2cnn(Cc3ccccc3)c2)CC12CN(C(=O)[C@H]1CC1(C)C)C2)[C@@H](C)OCc1ccncc1. The van der Waals surface area contributed by atoms with Gasteiger partial charge < -0.3 is 25.2 Å². The van der Waals surface area contributed by atoms with Crippen molar-refractivity contribution >= 4 is 23.6 Å². The number of pyridine rings is 1. The van der Waals surface area contributed by atoms with E-state index in [0.29, 0.717) is 31.7 Å². The van der Waals surface area contributed by atoms with Gasteiger partial charge in [-0.05, 0) is 42.0 Å². The second-order valence-corrected chi connectivity index (χ2v) is 13.9. The highest BCUT2D eigenvalue weighted by molar-refractivity contribution is 5.95. The molecule has 4 atom stereocenters. The number of carbonyl (C=O) groups is 4. The standard InChI is InChI=1S/C35H43N7O5/c1-23(47-19-25-10-12-37-13-11-25)29(31(44)36-4)39-30(43)28-18-40(20-35(28)21-41(22-35)33(46)27-14-34(27,2)3)32(45)26-15-38-42(17-26)16-24-8-6-5-7-9-24/h5-13,15,17,23,27-29H,14,16,18-22H2,1-4H3,(H,36,44)(H,39,43)/t23-,27-,28+,29+/m1/s1. The van der Waals surface area contributed by atoms with Gasteiger partial charge in [-0.25, -0.2) is 0 Å². The third-order valence-electron chi connectivity index (χ3n) is 10.0. The number of hydrogen-bond donors (Lipinski definition) is 2. The number of carbonyl (C=O) groups excluding carboxylic acids is 4. The van der Waals surface area contributed by atoms with Crippen molar-refractivity contribution in [2.75, 3.05) is 33.2 Å². The summed E-state index contributed by atoms with van der Waals surface area (Å²) in [7, 11) is 1.52. The van der Waals surface area contributed by atoms with Gasteiger partial charge in [-0.15, -0.1) is 0 Å². The van der Waals surface area contributed by atoms with Gasteiger partial charge in [0.05, 0.1) is 36.9 Å². The van der Waals surface area contributed by atoms with Crippen molar-refractivity contribution in [3.63, 3.8) is 0 Å². The molecule has 4 heterocycles. The van der Waals surface area contributed by atoms with Gasteiger partial charge in [0.2, 0.25) is 17.7 Å². The molecule has 2 aliphatic heterocycles. The lowest BCUT2D eigenvalue weighted by Gasteiger charge is -2.50. The lowest BCUT2D eigenvalue weighted by atomic mass is 9.70. The molecular weight excluding hydrogens is 598 g/mol. The fraction of sp³-hybridized carbons (Fsp3) is 0.486. The van der Waals surface area contributed by atoms with Crippen LogP contribution in [0.3, 0.4) is 0 Å². The van der Waals surface area contributed by atoms with Gasteiger partial charge in [-0.3, -0.25) is 28.8 Å². The molecule has 47 heavy (non-hydrogen) atoms. The Hall–Kier alpha value is -4.58. The molecule has 2 aromatic heterocycles. The zero-order valence-corrected chi connectivity index (χ0v) is 27.4. The van der Waals surface area contributed by atoms with E-state index in [4.69, 9.17) is 4.74 Å². The molecule has 6 rings (SSSR count). The van der Waals surface area contributed by atoms with Gasteiger partial charge in [0.25, 0.3) is 5.91 Å². The highest BCUT2D eigenvalue weighted by Crippen LogP contribution is 2.54. The lowest BCUT2D eigenvalue weighted by molar-refractivity contribution is -0.152. The number of amides is 4. The smallest absolute Gasteiger partial charge is 0.257 e. The molecule has 4 amide bonds. The Morgan fingerprint density at radius 3 is 2.32 bits per heavy atom. The Morgan fingerprint density at radius 2 is 1.66 bits per heavy atom. The molecule has 3 fully saturated rings. The van der Waals surface area contributed by atoms with Crippen molar-refractivity contribution in [3.8, 4) is 0 Å². The fourth-order valence-electron chi connectivity index (χ4n) is 6.91. The summed E-state index contributed by atoms with van der Waals surface area (Å²) in [5.41, 5.74) is 1.76. The van der Waals surface area contributed by atoms with Gasteiger partial charge in [0.15, 0.2) is 0 Å². The first-order valence-electron chi connectivity index (χ1n) is 16.2. The number of nitrogens with zero attached hydrogens (tertiary/aromatic N) is 5. The van der Waals surface area contributed by atoms with Crippen molar-refractivity contribution < 1.29 is 23.9 Å². The summed E-state index contributed by atoms with van der Waals surface area (Å²) in [6.07, 6.45) is 6.82. The molecule has 1 aromatic carbocycles. The van der Waals surface area contributed by atoms with Gasteiger partial charge in [-0.1, -0.05) is 44.2 Å². The quantitative estimate of drug-likeness (QED) is 0.327. The van der Waals surface area contributed by atoms with E-state index in [9.17, 15) is 19.2 Å². The summed E-state index contributed by atoms with van der Waals surface area (Å²) in [6, 6.07) is 12.6. The van der Waals surface area contributed by atoms with E-state index >= 15 is 0 Å². The predicted molar refractivity (Wildman–Crippen MR) is 173 cm³/mol. The fourth-order valence-corrected chi connectivity index (χ4v) is 6.91. The number of benzene rings is 1. The van der Waals surface area contributed by atoms with Crippen LogP contribution in [0.25, 0.3) is 0 Å². The summed E-state index contributed by atoms with van der Waals surface area (Å²) in [5, 5.41) is 9.99. The Balaban J connectivity index is 1.18. The van der Waals surface area contributed by atoms with Crippen LogP contribution < -0.4 is 10.6 Å². The second kappa shape index (κ2) is 12.9. The Kier molecular flexibility index (Phi) is 8.88. The third kappa shape index (κ3) is 6.78. The van der Waals surface area contributed by atoms with Crippen LogP contribution in [0.1, 0.15) is 48.7 Å². The van der Waals surface area contributed by atoms with Crippen molar-refractivity contribution in [1.29, 1.82) is 0 Å². The molecule has 1 aliphatic carbocycles. The van der Waals surface area contributed by atoms with Gasteiger partial charge in [0.1, 0.15) is 6.04 Å². The molecular formula is C35H43N7O5. The summed E-state index contributed by atoms with van der Waals surface area (Å²) >= 11 is 0. The Morgan fingerprint density at radius 1 is 0.979 bits per heavy atom. The molecule has 0 unspecified atom stereocenters. The zero-order valence-electron chi connectivity index (χ0n) is 27.4. The number of likely N-dealkylation sites (N-methyl/N-ethyl adjacent to an activating group) is 1. The maximum Gasteiger partial charge on any atom is 0.257 e. The molecule has 2 N–H and O–H groups in total. The monoisotopic (exact) mass is 641 g/mol. The number of rotatable bonds is 11. The van der Waals surface area contributed by atoms with Crippen molar-refractivity contribution in [2.24, 2.45) is 22.7 Å². The minimum atomic E-state index is -0.961. The number of aromatic nitrogens is 3. The molecule has 3 aliphatic rings. The van der Waals surface area contributed by atoms with E-state index in [-0.39, 0.29) is 48.1 Å². The second-order valence-electron chi connectivity index (χ2n) is 13.9. The lowest BCUT2D eigenvalue weighted by Crippen LogP contribution is -2.65. The van der Waals surface area contributed by atoms with Crippen molar-refractivity contribution in [3.05, 3.63) is 83.9 Å². The zero-order chi connectivity index (χ0) is 33.3.